The van der Waals surface area contributed by atoms with Gasteiger partial charge in [0.1, 0.15) is 5.75 Å². The highest BCUT2D eigenvalue weighted by Gasteiger charge is 2.06. The smallest absolute Gasteiger partial charge is 0.269 e. The molecule has 0 saturated carbocycles. The van der Waals surface area contributed by atoms with Crippen molar-refractivity contribution in [1.29, 1.82) is 0 Å². The Bertz CT molecular complexity index is 556. The minimum Gasteiger partial charge on any atom is -0.361 e. The van der Waals surface area contributed by atoms with Gasteiger partial charge >= 0.3 is 0 Å². The molecule has 1 heterocycles. The maximum atomic E-state index is 10.6. The van der Waals surface area contributed by atoms with E-state index >= 15 is 0 Å². The third-order valence-electron chi connectivity index (χ3n) is 1.97. The van der Waals surface area contributed by atoms with Gasteiger partial charge in [0.25, 0.3) is 10.1 Å². The lowest BCUT2D eigenvalue weighted by Crippen LogP contribution is -2.01. The molecule has 2 aromatic rings. The van der Waals surface area contributed by atoms with Crippen molar-refractivity contribution in [3.63, 3.8) is 0 Å². The molecule has 0 aliphatic carbocycles. The molecule has 0 fully saturated rings. The van der Waals surface area contributed by atoms with Crippen LogP contribution in [0.4, 0.5) is 0 Å². The zero-order valence-corrected chi connectivity index (χ0v) is 8.08. The normalized spacial score (nSPS) is 12.1. The van der Waals surface area contributed by atoms with Crippen LogP contribution in [0.2, 0.25) is 0 Å². The van der Waals surface area contributed by atoms with Crippen molar-refractivity contribution in [2.24, 2.45) is 0 Å². The number of aromatic nitrogens is 1. The second-order valence-electron chi connectivity index (χ2n) is 3.13. The van der Waals surface area contributed by atoms with Crippen LogP contribution in [-0.2, 0) is 15.9 Å². The second-order valence-corrected chi connectivity index (χ2v) is 4.58. The summed E-state index contributed by atoms with van der Waals surface area (Å²) in [5.74, 6) is -0.339. The summed E-state index contributed by atoms with van der Waals surface area (Å²) in [6, 6.07) is 7.05. The van der Waals surface area contributed by atoms with Gasteiger partial charge in [0.15, 0.2) is 0 Å². The molecular weight excluding hydrogens is 202 g/mol. The highest BCUT2D eigenvalue weighted by molar-refractivity contribution is 7.85. The number of benzene rings is 1. The Hall–Kier alpha value is -1.33. The predicted molar refractivity (Wildman–Crippen MR) is 53.6 cm³/mol. The molecule has 0 amide bonds. The Morgan fingerprint density at radius 2 is 2.07 bits per heavy atom. The third kappa shape index (κ3) is 1.94. The monoisotopic (exact) mass is 211 g/mol. The van der Waals surface area contributed by atoms with E-state index in [0.717, 1.165) is 10.9 Å². The van der Waals surface area contributed by atoms with Gasteiger partial charge in [-0.05, 0) is 29.1 Å². The van der Waals surface area contributed by atoms with Crippen LogP contribution < -0.4 is 0 Å². The first-order valence-electron chi connectivity index (χ1n) is 4.06. The van der Waals surface area contributed by atoms with E-state index in [2.05, 4.69) is 4.98 Å². The highest BCUT2D eigenvalue weighted by Crippen LogP contribution is 2.15. The van der Waals surface area contributed by atoms with E-state index in [-0.39, 0.29) is 5.75 Å². The Morgan fingerprint density at radius 3 is 2.79 bits per heavy atom. The molecule has 0 aliphatic heterocycles. The number of hydrogen-bond donors (Lipinski definition) is 2. The number of fused-ring (bicyclic) bond motifs is 1. The van der Waals surface area contributed by atoms with Gasteiger partial charge in [0.05, 0.1) is 0 Å². The number of aromatic amines is 1. The molecule has 5 heteroatoms. The molecule has 0 saturated heterocycles. The van der Waals surface area contributed by atoms with Crippen LogP contribution in [0.3, 0.4) is 0 Å². The number of hydrogen-bond acceptors (Lipinski definition) is 2. The predicted octanol–water partition coefficient (Wildman–Crippen LogP) is 1.56. The van der Waals surface area contributed by atoms with Crippen molar-refractivity contribution >= 4 is 21.0 Å². The van der Waals surface area contributed by atoms with E-state index in [1.165, 1.54) is 0 Å². The van der Waals surface area contributed by atoms with Crippen LogP contribution in [0, 0.1) is 0 Å². The van der Waals surface area contributed by atoms with Crippen LogP contribution in [0.5, 0.6) is 0 Å². The molecule has 2 N–H and O–H groups in total. The van der Waals surface area contributed by atoms with E-state index in [0.29, 0.717) is 5.56 Å². The fourth-order valence-electron chi connectivity index (χ4n) is 1.40. The van der Waals surface area contributed by atoms with Crippen LogP contribution in [0.1, 0.15) is 5.56 Å². The lowest BCUT2D eigenvalue weighted by atomic mass is 10.2. The van der Waals surface area contributed by atoms with Gasteiger partial charge < -0.3 is 4.98 Å². The molecule has 14 heavy (non-hydrogen) atoms. The van der Waals surface area contributed by atoms with Gasteiger partial charge in [-0.1, -0.05) is 6.07 Å². The summed E-state index contributed by atoms with van der Waals surface area (Å²) in [5, 5.41) is 0.936. The Kier molecular flexibility index (Phi) is 2.05. The zero-order valence-electron chi connectivity index (χ0n) is 7.27. The van der Waals surface area contributed by atoms with E-state index in [1.54, 1.807) is 24.4 Å². The standard InChI is InChI=1S/C9H9NO3S/c11-14(12,13)6-7-1-2-9-8(5-7)3-4-10-9/h1-5,10H,6H2,(H,11,12,13). The molecule has 2 rings (SSSR count). The Balaban J connectivity index is 2.44. The molecule has 74 valence electrons. The van der Waals surface area contributed by atoms with Crippen molar-refractivity contribution < 1.29 is 13.0 Å². The van der Waals surface area contributed by atoms with E-state index in [1.807, 2.05) is 6.07 Å². The average Bonchev–Trinajstić information content (AvgIpc) is 2.47. The van der Waals surface area contributed by atoms with Crippen LogP contribution in [0.15, 0.2) is 30.5 Å². The molecular formula is C9H9NO3S. The summed E-state index contributed by atoms with van der Waals surface area (Å²) < 4.78 is 29.9. The largest absolute Gasteiger partial charge is 0.361 e. The lowest BCUT2D eigenvalue weighted by Gasteiger charge is -1.98. The summed E-state index contributed by atoms with van der Waals surface area (Å²) in [6.07, 6.45) is 1.78. The SMILES string of the molecule is O=S(=O)(O)Cc1ccc2[nH]ccc2c1. The summed E-state index contributed by atoms with van der Waals surface area (Å²) in [7, 11) is -3.94. The number of rotatable bonds is 2. The topological polar surface area (TPSA) is 70.2 Å². The Labute approximate surface area is 81.3 Å². The molecule has 0 spiro atoms. The van der Waals surface area contributed by atoms with Gasteiger partial charge in [-0.25, -0.2) is 0 Å². The minimum atomic E-state index is -3.94. The average molecular weight is 211 g/mol. The van der Waals surface area contributed by atoms with Crippen LogP contribution in [-0.4, -0.2) is 18.0 Å². The van der Waals surface area contributed by atoms with E-state index in [9.17, 15) is 8.42 Å². The molecule has 0 unspecified atom stereocenters. The first-order valence-corrected chi connectivity index (χ1v) is 5.67. The third-order valence-corrected chi connectivity index (χ3v) is 2.66. The second kappa shape index (κ2) is 3.11. The Morgan fingerprint density at radius 1 is 1.29 bits per heavy atom. The fourth-order valence-corrected chi connectivity index (χ4v) is 2.00. The van der Waals surface area contributed by atoms with Crippen LogP contribution >= 0.6 is 0 Å². The summed E-state index contributed by atoms with van der Waals surface area (Å²) in [4.78, 5) is 3.00. The number of nitrogens with one attached hydrogen (secondary N) is 1. The molecule has 1 aromatic carbocycles. The quantitative estimate of drug-likeness (QED) is 0.740. The molecule has 0 atom stereocenters. The maximum absolute atomic E-state index is 10.6. The first kappa shape index (κ1) is 9.23. The van der Waals surface area contributed by atoms with Crippen molar-refractivity contribution in [3.05, 3.63) is 36.0 Å². The molecule has 1 aromatic heterocycles. The van der Waals surface area contributed by atoms with Crippen molar-refractivity contribution in [3.8, 4) is 0 Å². The van der Waals surface area contributed by atoms with Crippen molar-refractivity contribution in [2.45, 2.75) is 5.75 Å². The molecule has 0 radical (unpaired) electrons. The summed E-state index contributed by atoms with van der Waals surface area (Å²) >= 11 is 0. The van der Waals surface area contributed by atoms with E-state index in [4.69, 9.17) is 4.55 Å². The van der Waals surface area contributed by atoms with Crippen LogP contribution in [0.25, 0.3) is 10.9 Å². The van der Waals surface area contributed by atoms with Gasteiger partial charge in [0.2, 0.25) is 0 Å². The first-order chi connectivity index (χ1) is 6.54. The summed E-state index contributed by atoms with van der Waals surface area (Å²) in [5.41, 5.74) is 1.53. The van der Waals surface area contributed by atoms with Gasteiger partial charge in [-0.15, -0.1) is 0 Å². The van der Waals surface area contributed by atoms with Gasteiger partial charge in [0, 0.05) is 11.7 Å². The van der Waals surface area contributed by atoms with Crippen molar-refractivity contribution in [2.75, 3.05) is 0 Å². The fraction of sp³-hybridized carbons (Fsp3) is 0.111. The summed E-state index contributed by atoms with van der Waals surface area (Å²) in [6.45, 7) is 0. The van der Waals surface area contributed by atoms with Crippen molar-refractivity contribution in [1.82, 2.24) is 4.98 Å². The highest BCUT2D eigenvalue weighted by atomic mass is 32.2. The van der Waals surface area contributed by atoms with E-state index < -0.39 is 10.1 Å². The van der Waals surface area contributed by atoms with Gasteiger partial charge in [-0.2, -0.15) is 8.42 Å². The van der Waals surface area contributed by atoms with Gasteiger partial charge in [-0.3, -0.25) is 4.55 Å². The molecule has 4 nitrogen and oxygen atoms in total. The molecule has 0 aliphatic rings. The molecule has 0 bridgehead atoms. The number of H-pyrrole nitrogens is 1. The maximum Gasteiger partial charge on any atom is 0.269 e. The zero-order chi connectivity index (χ0) is 10.2. The minimum absolute atomic E-state index is 0.339. The lowest BCUT2D eigenvalue weighted by molar-refractivity contribution is 0.482.